The second-order valence-electron chi connectivity index (χ2n) is 6.40. The molecule has 3 aliphatic heterocycles. The Labute approximate surface area is 139 Å². The molecule has 0 atom stereocenters. The lowest BCUT2D eigenvalue weighted by molar-refractivity contribution is -0.0522. The van der Waals surface area contributed by atoms with Gasteiger partial charge in [-0.2, -0.15) is 0 Å². The van der Waals surface area contributed by atoms with Gasteiger partial charge in [0, 0.05) is 18.5 Å². The van der Waals surface area contributed by atoms with Crippen molar-refractivity contribution in [2.24, 2.45) is 0 Å². The lowest BCUT2D eigenvalue weighted by Gasteiger charge is -2.42. The lowest BCUT2D eigenvalue weighted by Crippen LogP contribution is -2.48. The summed E-state index contributed by atoms with van der Waals surface area (Å²) in [5.41, 5.74) is 1.24. The molecule has 1 spiro atoms. The molecule has 6 heteroatoms. The van der Waals surface area contributed by atoms with Crippen LogP contribution in [0.1, 0.15) is 35.9 Å². The predicted octanol–water partition coefficient (Wildman–Crippen LogP) is 2.86. The van der Waals surface area contributed by atoms with E-state index in [-0.39, 0.29) is 11.5 Å². The molecule has 0 unspecified atom stereocenters. The first kappa shape index (κ1) is 15.0. The zero-order chi connectivity index (χ0) is 15.9. The van der Waals surface area contributed by atoms with E-state index in [1.807, 2.05) is 10.3 Å². The highest BCUT2D eigenvalue weighted by Gasteiger charge is 2.38. The number of ether oxygens (including phenoxy) is 3. The van der Waals surface area contributed by atoms with Gasteiger partial charge in [0.15, 0.2) is 11.5 Å². The van der Waals surface area contributed by atoms with Crippen LogP contribution in [0.4, 0.5) is 0 Å². The van der Waals surface area contributed by atoms with Gasteiger partial charge in [0.2, 0.25) is 0 Å². The summed E-state index contributed by atoms with van der Waals surface area (Å²) in [4.78, 5) is 15.4. The Morgan fingerprint density at radius 3 is 2.78 bits per heavy atom. The van der Waals surface area contributed by atoms with Crippen LogP contribution < -0.4 is 9.47 Å². The molecule has 0 aromatic carbocycles. The van der Waals surface area contributed by atoms with Gasteiger partial charge >= 0.3 is 0 Å². The second-order valence-corrected chi connectivity index (χ2v) is 7.28. The average molecular weight is 335 g/mol. The van der Waals surface area contributed by atoms with E-state index in [4.69, 9.17) is 14.2 Å². The number of hydrogen-bond acceptors (Lipinski definition) is 5. The smallest absolute Gasteiger partial charge is 0.267 e. The molecule has 1 aromatic rings. The topological polar surface area (TPSA) is 48.0 Å². The van der Waals surface area contributed by atoms with Gasteiger partial charge in [-0.1, -0.05) is 11.6 Å². The van der Waals surface area contributed by atoms with Crippen LogP contribution in [0.2, 0.25) is 0 Å². The molecule has 0 bridgehead atoms. The molecule has 5 nitrogen and oxygen atoms in total. The number of carbonyl (C=O) groups excluding carboxylic acids is 1. The van der Waals surface area contributed by atoms with Crippen LogP contribution in [0.3, 0.4) is 0 Å². The molecule has 1 saturated heterocycles. The Morgan fingerprint density at radius 2 is 2.00 bits per heavy atom. The lowest BCUT2D eigenvalue weighted by atomic mass is 9.87. The average Bonchev–Trinajstić information content (AvgIpc) is 2.99. The van der Waals surface area contributed by atoms with Crippen LogP contribution in [0.15, 0.2) is 17.0 Å². The van der Waals surface area contributed by atoms with Gasteiger partial charge in [0.1, 0.15) is 18.1 Å². The molecule has 4 heterocycles. The van der Waals surface area contributed by atoms with Crippen molar-refractivity contribution in [2.45, 2.75) is 31.8 Å². The van der Waals surface area contributed by atoms with Gasteiger partial charge in [-0.25, -0.2) is 0 Å². The summed E-state index contributed by atoms with van der Waals surface area (Å²) in [6, 6.07) is 0. The fourth-order valence-corrected chi connectivity index (χ4v) is 4.41. The van der Waals surface area contributed by atoms with Crippen molar-refractivity contribution in [2.75, 3.05) is 32.9 Å². The Kier molecular flexibility index (Phi) is 3.81. The third-order valence-electron chi connectivity index (χ3n) is 4.79. The molecule has 0 N–H and O–H groups in total. The van der Waals surface area contributed by atoms with Crippen molar-refractivity contribution in [1.29, 1.82) is 0 Å². The molecule has 23 heavy (non-hydrogen) atoms. The molecule has 124 valence electrons. The minimum atomic E-state index is -0.159. The van der Waals surface area contributed by atoms with Crippen LogP contribution in [0, 0.1) is 0 Å². The van der Waals surface area contributed by atoms with E-state index in [9.17, 15) is 4.79 Å². The number of fused-ring (bicyclic) bond motifs is 1. The molecular formula is C17H21NO4S. The Bertz CT molecular complexity index is 643. The summed E-state index contributed by atoms with van der Waals surface area (Å²) in [5.74, 6) is 1.37. The van der Waals surface area contributed by atoms with Gasteiger partial charge in [-0.3, -0.25) is 4.79 Å². The first-order valence-electron chi connectivity index (χ1n) is 8.16. The van der Waals surface area contributed by atoms with Crippen molar-refractivity contribution >= 4 is 17.2 Å². The molecule has 3 aliphatic rings. The quantitative estimate of drug-likeness (QED) is 0.741. The first-order valence-corrected chi connectivity index (χ1v) is 9.03. The molecular weight excluding hydrogens is 314 g/mol. The van der Waals surface area contributed by atoms with Gasteiger partial charge in [0.25, 0.3) is 5.91 Å². The monoisotopic (exact) mass is 335 g/mol. The van der Waals surface area contributed by atoms with E-state index in [2.05, 4.69) is 13.0 Å². The van der Waals surface area contributed by atoms with Crippen molar-refractivity contribution in [3.05, 3.63) is 21.9 Å². The molecule has 1 aromatic heterocycles. The predicted molar refractivity (Wildman–Crippen MR) is 87.5 cm³/mol. The molecule has 1 fully saturated rings. The molecule has 0 aliphatic carbocycles. The Morgan fingerprint density at radius 1 is 1.22 bits per heavy atom. The van der Waals surface area contributed by atoms with E-state index in [0.717, 1.165) is 39.0 Å². The highest BCUT2D eigenvalue weighted by atomic mass is 32.1. The minimum absolute atomic E-state index is 0.0492. The number of amides is 1. The molecule has 0 radical (unpaired) electrons. The molecule has 1 amide bonds. The van der Waals surface area contributed by atoms with Gasteiger partial charge in [-0.05, 0) is 26.2 Å². The summed E-state index contributed by atoms with van der Waals surface area (Å²) in [6.45, 7) is 5.45. The summed E-state index contributed by atoms with van der Waals surface area (Å²) in [6.07, 6.45) is 5.01. The second kappa shape index (κ2) is 5.83. The van der Waals surface area contributed by atoms with Gasteiger partial charge in [-0.15, -0.1) is 11.3 Å². The standard InChI is InChI=1S/C17H21NO4S/c1-12-2-7-22-17(10-12)3-5-18(6-4-17)16(19)15-14-13(11-23-15)20-8-9-21-14/h10-11H,2-9H2,1H3. The zero-order valence-electron chi connectivity index (χ0n) is 13.3. The number of rotatable bonds is 1. The summed E-state index contributed by atoms with van der Waals surface area (Å²) < 4.78 is 17.2. The first-order chi connectivity index (χ1) is 11.2. The van der Waals surface area contributed by atoms with Crippen molar-refractivity contribution in [3.8, 4) is 11.5 Å². The van der Waals surface area contributed by atoms with Crippen LogP contribution >= 0.6 is 11.3 Å². The van der Waals surface area contributed by atoms with Crippen molar-refractivity contribution < 1.29 is 19.0 Å². The van der Waals surface area contributed by atoms with Crippen LogP contribution in [0.5, 0.6) is 11.5 Å². The van der Waals surface area contributed by atoms with Gasteiger partial charge < -0.3 is 19.1 Å². The highest BCUT2D eigenvalue weighted by molar-refractivity contribution is 7.12. The SMILES string of the molecule is CC1=CC2(CCN(C(=O)c3scc4c3OCCO4)CC2)OCC1. The van der Waals surface area contributed by atoms with E-state index in [1.165, 1.54) is 16.9 Å². The van der Waals surface area contributed by atoms with Gasteiger partial charge in [0.05, 0.1) is 12.2 Å². The van der Waals surface area contributed by atoms with Crippen LogP contribution in [-0.4, -0.2) is 49.3 Å². The largest absolute Gasteiger partial charge is 0.485 e. The third kappa shape index (κ3) is 2.74. The van der Waals surface area contributed by atoms with E-state index < -0.39 is 0 Å². The maximum Gasteiger partial charge on any atom is 0.267 e. The fourth-order valence-electron chi connectivity index (χ4n) is 3.51. The summed E-state index contributed by atoms with van der Waals surface area (Å²) in [5, 5.41) is 1.86. The van der Waals surface area contributed by atoms with E-state index in [1.54, 1.807) is 0 Å². The van der Waals surface area contributed by atoms with Crippen molar-refractivity contribution in [3.63, 3.8) is 0 Å². The van der Waals surface area contributed by atoms with Crippen LogP contribution in [-0.2, 0) is 4.74 Å². The summed E-state index contributed by atoms with van der Waals surface area (Å²) >= 11 is 1.41. The minimum Gasteiger partial charge on any atom is -0.485 e. The van der Waals surface area contributed by atoms with Crippen molar-refractivity contribution in [1.82, 2.24) is 4.90 Å². The van der Waals surface area contributed by atoms with Crippen LogP contribution in [0.25, 0.3) is 0 Å². The highest BCUT2D eigenvalue weighted by Crippen LogP contribution is 2.41. The number of carbonyl (C=O) groups is 1. The third-order valence-corrected chi connectivity index (χ3v) is 5.72. The number of thiophene rings is 1. The van der Waals surface area contributed by atoms with E-state index in [0.29, 0.717) is 29.6 Å². The molecule has 0 saturated carbocycles. The Hall–Kier alpha value is -1.53. The zero-order valence-corrected chi connectivity index (χ0v) is 14.1. The number of hydrogen-bond donors (Lipinski definition) is 0. The number of likely N-dealkylation sites (tertiary alicyclic amines) is 1. The number of piperidine rings is 1. The maximum atomic E-state index is 12.8. The maximum absolute atomic E-state index is 12.8. The molecule has 4 rings (SSSR count). The normalized spacial score (nSPS) is 22.8. The fraction of sp³-hybridized carbons (Fsp3) is 0.588. The Balaban J connectivity index is 1.47. The summed E-state index contributed by atoms with van der Waals surface area (Å²) in [7, 11) is 0. The van der Waals surface area contributed by atoms with E-state index >= 15 is 0 Å². The number of nitrogens with zero attached hydrogens (tertiary/aromatic N) is 1.